The molecule has 0 aromatic rings. The number of alkyl halides is 1. The van der Waals surface area contributed by atoms with E-state index < -0.39 is 0 Å². The number of amidine groups is 1. The second kappa shape index (κ2) is 3.31. The quantitative estimate of drug-likeness (QED) is 0.555. The van der Waals surface area contributed by atoms with E-state index in [1.54, 1.807) is 0 Å². The maximum absolute atomic E-state index is 11.3. The number of hydrogen-bond donors (Lipinski definition) is 0. The highest BCUT2D eigenvalue weighted by atomic mass is 35.5. The number of rotatable bonds is 0. The molecular formula is C7H7ClN2O2S. The minimum atomic E-state index is -0.175. The van der Waals surface area contributed by atoms with Gasteiger partial charge < -0.3 is 0 Å². The molecule has 0 aromatic heterocycles. The Kier molecular flexibility index (Phi) is 2.29. The summed E-state index contributed by atoms with van der Waals surface area (Å²) in [6.07, 6.45) is 0.343. The average molecular weight is 219 g/mol. The van der Waals surface area contributed by atoms with Crippen molar-refractivity contribution < 1.29 is 9.59 Å². The van der Waals surface area contributed by atoms with Crippen LogP contribution in [0, 0.1) is 0 Å². The third-order valence-corrected chi connectivity index (χ3v) is 3.11. The molecule has 0 aliphatic carbocycles. The van der Waals surface area contributed by atoms with Crippen molar-refractivity contribution in [2.75, 3.05) is 12.3 Å². The fourth-order valence-corrected chi connectivity index (χ4v) is 2.37. The van der Waals surface area contributed by atoms with Crippen molar-refractivity contribution in [3.63, 3.8) is 0 Å². The largest absolute Gasteiger partial charge is 0.290 e. The Hall–Kier alpha value is -0.550. The van der Waals surface area contributed by atoms with Crippen LogP contribution in [-0.2, 0) is 9.59 Å². The fourth-order valence-electron chi connectivity index (χ4n) is 1.28. The first-order valence-corrected chi connectivity index (χ1v) is 5.28. The van der Waals surface area contributed by atoms with Gasteiger partial charge in [-0.1, -0.05) is 11.8 Å². The molecule has 2 aliphatic heterocycles. The second-order valence-electron chi connectivity index (χ2n) is 2.88. The first kappa shape index (κ1) is 9.02. The number of likely N-dealkylation sites (tertiary alicyclic amines) is 1. The van der Waals surface area contributed by atoms with E-state index in [2.05, 4.69) is 4.99 Å². The Morgan fingerprint density at radius 3 is 2.77 bits per heavy atom. The number of hydrogen-bond acceptors (Lipinski definition) is 3. The Balaban J connectivity index is 2.13. The van der Waals surface area contributed by atoms with E-state index in [9.17, 15) is 9.59 Å². The zero-order valence-corrected chi connectivity index (χ0v) is 8.27. The van der Waals surface area contributed by atoms with Gasteiger partial charge in [0, 0.05) is 13.0 Å². The van der Waals surface area contributed by atoms with E-state index in [-0.39, 0.29) is 17.2 Å². The lowest BCUT2D eigenvalue weighted by Gasteiger charge is -2.12. The van der Waals surface area contributed by atoms with Crippen LogP contribution in [0.3, 0.4) is 0 Å². The van der Waals surface area contributed by atoms with Crippen LogP contribution in [0.4, 0.5) is 0 Å². The highest BCUT2D eigenvalue weighted by Gasteiger charge is 2.33. The molecule has 2 aliphatic rings. The van der Waals surface area contributed by atoms with Crippen LogP contribution in [0.15, 0.2) is 4.99 Å². The number of thioether (sulfide) groups is 1. The van der Waals surface area contributed by atoms with Crippen LogP contribution < -0.4 is 0 Å². The molecule has 1 saturated heterocycles. The van der Waals surface area contributed by atoms with Crippen LogP contribution in [0.25, 0.3) is 0 Å². The van der Waals surface area contributed by atoms with Gasteiger partial charge in [0.05, 0.1) is 11.1 Å². The van der Waals surface area contributed by atoms with Crippen LogP contribution in [0.1, 0.15) is 6.42 Å². The van der Waals surface area contributed by atoms with Gasteiger partial charge >= 0.3 is 0 Å². The summed E-state index contributed by atoms with van der Waals surface area (Å²) in [6.45, 7) is 0.472. The number of carbonyl (C=O) groups excluding carboxylic acids is 2. The molecule has 0 saturated carbocycles. The first-order chi connectivity index (χ1) is 6.16. The molecule has 2 heterocycles. The Labute approximate surface area is 84.3 Å². The Bertz CT molecular complexity index is 305. The van der Waals surface area contributed by atoms with Crippen molar-refractivity contribution in [3.8, 4) is 0 Å². The normalized spacial score (nSPS) is 28.5. The van der Waals surface area contributed by atoms with Gasteiger partial charge in [0.1, 0.15) is 0 Å². The summed E-state index contributed by atoms with van der Waals surface area (Å²) in [5, 5.41) is 0.365. The summed E-state index contributed by atoms with van der Waals surface area (Å²) in [6, 6.07) is 0. The van der Waals surface area contributed by atoms with Crippen molar-refractivity contribution in [2.24, 2.45) is 4.99 Å². The number of nitrogens with zero attached hydrogens (tertiary/aromatic N) is 2. The second-order valence-corrected chi connectivity index (χ2v) is 4.44. The zero-order chi connectivity index (χ0) is 9.42. The molecule has 0 spiro atoms. The summed E-state index contributed by atoms with van der Waals surface area (Å²) in [5.74, 6) is 0.123. The molecule has 1 atom stereocenters. The SMILES string of the molecule is O=C1CSC(N2CC(Cl)CC2=O)=N1. The van der Waals surface area contributed by atoms with Gasteiger partial charge in [0.25, 0.3) is 5.91 Å². The minimum absolute atomic E-state index is 0.0408. The molecule has 70 valence electrons. The van der Waals surface area contributed by atoms with E-state index >= 15 is 0 Å². The van der Waals surface area contributed by atoms with Gasteiger partial charge in [-0.2, -0.15) is 4.99 Å². The number of aliphatic imine (C=N–C) groups is 1. The summed E-state index contributed by atoms with van der Waals surface area (Å²) >= 11 is 7.11. The Morgan fingerprint density at radius 1 is 1.54 bits per heavy atom. The predicted molar refractivity (Wildman–Crippen MR) is 50.9 cm³/mol. The highest BCUT2D eigenvalue weighted by molar-refractivity contribution is 8.14. The topological polar surface area (TPSA) is 49.7 Å². The van der Waals surface area contributed by atoms with Crippen LogP contribution in [0.5, 0.6) is 0 Å². The zero-order valence-electron chi connectivity index (χ0n) is 6.70. The van der Waals surface area contributed by atoms with E-state index in [1.165, 1.54) is 16.7 Å². The van der Waals surface area contributed by atoms with Gasteiger partial charge in [0.2, 0.25) is 5.91 Å². The molecule has 0 bridgehead atoms. The molecule has 4 nitrogen and oxygen atoms in total. The lowest BCUT2D eigenvalue weighted by molar-refractivity contribution is -0.124. The van der Waals surface area contributed by atoms with E-state index in [0.717, 1.165) is 0 Å². The van der Waals surface area contributed by atoms with Crippen LogP contribution in [-0.4, -0.2) is 39.6 Å². The number of halogens is 1. The standard InChI is InChI=1S/C7H7ClN2O2S/c8-4-1-6(12)10(2-4)7-9-5(11)3-13-7/h4H,1-3H2. The Morgan fingerprint density at radius 2 is 2.31 bits per heavy atom. The van der Waals surface area contributed by atoms with Crippen LogP contribution in [0.2, 0.25) is 0 Å². The van der Waals surface area contributed by atoms with Gasteiger partial charge in [-0.05, 0) is 0 Å². The van der Waals surface area contributed by atoms with E-state index in [0.29, 0.717) is 23.9 Å². The van der Waals surface area contributed by atoms with Gasteiger partial charge in [0.15, 0.2) is 5.17 Å². The first-order valence-electron chi connectivity index (χ1n) is 3.85. The van der Waals surface area contributed by atoms with Crippen molar-refractivity contribution in [3.05, 3.63) is 0 Å². The van der Waals surface area contributed by atoms with Crippen molar-refractivity contribution in [1.29, 1.82) is 0 Å². The maximum Gasteiger partial charge on any atom is 0.258 e. The van der Waals surface area contributed by atoms with Gasteiger partial charge in [-0.3, -0.25) is 14.5 Å². The number of amides is 2. The van der Waals surface area contributed by atoms with E-state index in [4.69, 9.17) is 11.6 Å². The monoisotopic (exact) mass is 218 g/mol. The average Bonchev–Trinajstić information content (AvgIpc) is 2.58. The molecule has 0 radical (unpaired) electrons. The van der Waals surface area contributed by atoms with Crippen molar-refractivity contribution in [1.82, 2.24) is 4.90 Å². The molecular weight excluding hydrogens is 212 g/mol. The lowest BCUT2D eigenvalue weighted by atomic mass is 10.4. The molecule has 6 heteroatoms. The molecule has 1 unspecified atom stereocenters. The van der Waals surface area contributed by atoms with Crippen molar-refractivity contribution >= 4 is 40.3 Å². The summed E-state index contributed by atoms with van der Waals surface area (Å²) in [4.78, 5) is 27.4. The minimum Gasteiger partial charge on any atom is -0.290 e. The maximum atomic E-state index is 11.3. The molecule has 0 N–H and O–H groups in total. The summed E-state index contributed by atoms with van der Waals surface area (Å²) in [5.41, 5.74) is 0. The lowest BCUT2D eigenvalue weighted by Crippen LogP contribution is -2.29. The third kappa shape index (κ3) is 1.71. The van der Waals surface area contributed by atoms with E-state index in [1.807, 2.05) is 0 Å². The molecule has 0 aromatic carbocycles. The van der Waals surface area contributed by atoms with Crippen molar-refractivity contribution in [2.45, 2.75) is 11.8 Å². The third-order valence-electron chi connectivity index (χ3n) is 1.85. The molecule has 13 heavy (non-hydrogen) atoms. The fraction of sp³-hybridized carbons (Fsp3) is 0.571. The number of carbonyl (C=O) groups is 2. The van der Waals surface area contributed by atoms with Crippen LogP contribution >= 0.6 is 23.4 Å². The van der Waals surface area contributed by atoms with Gasteiger partial charge in [-0.15, -0.1) is 11.6 Å². The summed E-state index contributed by atoms with van der Waals surface area (Å²) in [7, 11) is 0. The summed E-state index contributed by atoms with van der Waals surface area (Å²) < 4.78 is 0. The molecule has 1 fully saturated rings. The smallest absolute Gasteiger partial charge is 0.258 e. The van der Waals surface area contributed by atoms with Gasteiger partial charge in [-0.25, -0.2) is 0 Å². The predicted octanol–water partition coefficient (Wildman–Crippen LogP) is 0.456. The molecule has 2 amide bonds. The molecule has 2 rings (SSSR count). The highest BCUT2D eigenvalue weighted by Crippen LogP contribution is 2.24.